The molecule has 1 aliphatic heterocycles. The predicted molar refractivity (Wildman–Crippen MR) is 72.6 cm³/mol. The molecular weight excluding hydrogens is 304 g/mol. The summed E-state index contributed by atoms with van der Waals surface area (Å²) in [7, 11) is 0. The molecule has 0 bridgehead atoms. The van der Waals surface area contributed by atoms with Gasteiger partial charge in [-0.15, -0.1) is 11.6 Å². The highest BCUT2D eigenvalue weighted by Crippen LogP contribution is 2.28. The van der Waals surface area contributed by atoms with Gasteiger partial charge in [-0.25, -0.2) is 4.98 Å². The van der Waals surface area contributed by atoms with Gasteiger partial charge in [0.25, 0.3) is 0 Å². The van der Waals surface area contributed by atoms with Gasteiger partial charge < -0.3 is 0 Å². The monoisotopic (exact) mass is 316 g/mol. The lowest BCUT2D eigenvalue weighted by Gasteiger charge is -2.17. The van der Waals surface area contributed by atoms with E-state index in [9.17, 15) is 4.79 Å². The second-order valence-corrected chi connectivity index (χ2v) is 5.53. The van der Waals surface area contributed by atoms with E-state index < -0.39 is 0 Å². The lowest BCUT2D eigenvalue weighted by atomic mass is 10.1. The molecule has 1 fully saturated rings. The van der Waals surface area contributed by atoms with Crippen LogP contribution in [0.15, 0.2) is 10.5 Å². The zero-order chi connectivity index (χ0) is 12.6. The maximum atomic E-state index is 11.9. The van der Waals surface area contributed by atoms with Gasteiger partial charge in [-0.2, -0.15) is 0 Å². The minimum Gasteiger partial charge on any atom is -0.296 e. The van der Waals surface area contributed by atoms with Gasteiger partial charge in [0.1, 0.15) is 5.82 Å². The van der Waals surface area contributed by atoms with Crippen molar-refractivity contribution in [2.45, 2.75) is 20.3 Å². The Morgan fingerprint density at radius 1 is 1.59 bits per heavy atom. The van der Waals surface area contributed by atoms with E-state index in [2.05, 4.69) is 20.9 Å². The molecule has 2 heterocycles. The molecule has 1 aromatic rings. The second-order valence-electron chi connectivity index (χ2n) is 4.43. The standard InChI is InChI=1S/C12H14BrClN2O/c1-7-3-10(15-8(2)12(7)13)16-6-9(5-14)4-11(16)17/h3,9H,4-6H2,1-2H3. The number of rotatable bonds is 2. The minimum absolute atomic E-state index is 0.115. The highest BCUT2D eigenvalue weighted by atomic mass is 79.9. The number of carbonyl (C=O) groups is 1. The highest BCUT2D eigenvalue weighted by molar-refractivity contribution is 9.10. The number of alkyl halides is 1. The smallest absolute Gasteiger partial charge is 0.228 e. The summed E-state index contributed by atoms with van der Waals surface area (Å²) in [5, 5.41) is 0. The summed E-state index contributed by atoms with van der Waals surface area (Å²) >= 11 is 9.28. The number of aryl methyl sites for hydroxylation is 2. The number of hydrogen-bond acceptors (Lipinski definition) is 2. The Balaban J connectivity index is 2.32. The van der Waals surface area contributed by atoms with Gasteiger partial charge in [-0.1, -0.05) is 0 Å². The summed E-state index contributed by atoms with van der Waals surface area (Å²) in [4.78, 5) is 18.1. The summed E-state index contributed by atoms with van der Waals surface area (Å²) in [5.41, 5.74) is 2.00. The Morgan fingerprint density at radius 3 is 2.82 bits per heavy atom. The largest absolute Gasteiger partial charge is 0.296 e. The molecule has 5 heteroatoms. The summed E-state index contributed by atoms with van der Waals surface area (Å²) in [6.07, 6.45) is 0.527. The van der Waals surface area contributed by atoms with Gasteiger partial charge in [0.05, 0.1) is 5.69 Å². The molecule has 0 aromatic carbocycles. The van der Waals surface area contributed by atoms with Crippen molar-refractivity contribution >= 4 is 39.3 Å². The number of aromatic nitrogens is 1. The molecule has 1 amide bonds. The average Bonchev–Trinajstić information content (AvgIpc) is 2.67. The van der Waals surface area contributed by atoms with Crippen LogP contribution in [0.1, 0.15) is 17.7 Å². The molecule has 1 saturated heterocycles. The number of hydrogen-bond donors (Lipinski definition) is 0. The lowest BCUT2D eigenvalue weighted by Crippen LogP contribution is -2.26. The molecule has 2 rings (SSSR count). The Kier molecular flexibility index (Phi) is 3.73. The van der Waals surface area contributed by atoms with Crippen LogP contribution in [0.4, 0.5) is 5.82 Å². The zero-order valence-electron chi connectivity index (χ0n) is 9.83. The SMILES string of the molecule is Cc1cc(N2CC(CCl)CC2=O)nc(C)c1Br. The molecule has 1 aliphatic rings. The first-order chi connectivity index (χ1) is 8.02. The molecule has 1 atom stereocenters. The number of nitrogens with zero attached hydrogens (tertiary/aromatic N) is 2. The minimum atomic E-state index is 0.115. The Morgan fingerprint density at radius 2 is 2.29 bits per heavy atom. The second kappa shape index (κ2) is 4.94. The quantitative estimate of drug-likeness (QED) is 0.786. The third kappa shape index (κ3) is 2.47. The Bertz CT molecular complexity index is 441. The van der Waals surface area contributed by atoms with Crippen molar-refractivity contribution in [3.05, 3.63) is 21.8 Å². The first kappa shape index (κ1) is 12.8. The molecule has 0 radical (unpaired) electrons. The molecule has 1 unspecified atom stereocenters. The molecule has 1 aromatic heterocycles. The average molecular weight is 318 g/mol. The van der Waals surface area contributed by atoms with E-state index in [1.165, 1.54) is 0 Å². The zero-order valence-corrected chi connectivity index (χ0v) is 12.2. The summed E-state index contributed by atoms with van der Waals surface area (Å²) in [6.45, 7) is 4.61. The van der Waals surface area contributed by atoms with Crippen molar-refractivity contribution < 1.29 is 4.79 Å². The van der Waals surface area contributed by atoms with Gasteiger partial charge in [-0.05, 0) is 47.3 Å². The van der Waals surface area contributed by atoms with Crippen LogP contribution in [-0.4, -0.2) is 23.3 Å². The number of pyridine rings is 1. The van der Waals surface area contributed by atoms with Crippen LogP contribution in [-0.2, 0) is 4.79 Å². The normalized spacial score (nSPS) is 20.1. The predicted octanol–water partition coefficient (Wildman–Crippen LogP) is 3.05. The fourth-order valence-corrected chi connectivity index (χ4v) is 2.45. The third-order valence-electron chi connectivity index (χ3n) is 2.99. The van der Waals surface area contributed by atoms with Crippen LogP contribution in [0, 0.1) is 19.8 Å². The van der Waals surface area contributed by atoms with E-state index in [0.717, 1.165) is 21.5 Å². The first-order valence-corrected chi connectivity index (χ1v) is 6.85. The Labute approximate surface area is 114 Å². The van der Waals surface area contributed by atoms with Gasteiger partial charge >= 0.3 is 0 Å². The van der Waals surface area contributed by atoms with Crippen molar-refractivity contribution in [2.24, 2.45) is 5.92 Å². The van der Waals surface area contributed by atoms with Crippen molar-refractivity contribution in [2.75, 3.05) is 17.3 Å². The van der Waals surface area contributed by atoms with Crippen molar-refractivity contribution in [1.29, 1.82) is 0 Å². The van der Waals surface area contributed by atoms with Gasteiger partial charge in [0.15, 0.2) is 0 Å². The topological polar surface area (TPSA) is 33.2 Å². The fraction of sp³-hybridized carbons (Fsp3) is 0.500. The highest BCUT2D eigenvalue weighted by Gasteiger charge is 2.31. The number of amides is 1. The van der Waals surface area contributed by atoms with Crippen LogP contribution in [0.25, 0.3) is 0 Å². The van der Waals surface area contributed by atoms with Gasteiger partial charge in [0.2, 0.25) is 5.91 Å². The number of carbonyl (C=O) groups excluding carboxylic acids is 1. The summed E-state index contributed by atoms with van der Waals surface area (Å²) in [6, 6.07) is 1.94. The summed E-state index contributed by atoms with van der Waals surface area (Å²) in [5.74, 6) is 1.62. The van der Waals surface area contributed by atoms with Crippen LogP contribution < -0.4 is 4.90 Å². The molecule has 92 valence electrons. The van der Waals surface area contributed by atoms with Crippen LogP contribution in [0.5, 0.6) is 0 Å². The molecule has 0 N–H and O–H groups in total. The van der Waals surface area contributed by atoms with E-state index >= 15 is 0 Å². The molecule has 3 nitrogen and oxygen atoms in total. The first-order valence-electron chi connectivity index (χ1n) is 5.53. The van der Waals surface area contributed by atoms with Gasteiger partial charge in [0, 0.05) is 23.3 Å². The fourth-order valence-electron chi connectivity index (χ4n) is 2.04. The van der Waals surface area contributed by atoms with E-state index in [1.807, 2.05) is 19.9 Å². The van der Waals surface area contributed by atoms with Crippen molar-refractivity contribution in [1.82, 2.24) is 4.98 Å². The van der Waals surface area contributed by atoms with Crippen molar-refractivity contribution in [3.63, 3.8) is 0 Å². The maximum absolute atomic E-state index is 11.9. The lowest BCUT2D eigenvalue weighted by molar-refractivity contribution is -0.117. The van der Waals surface area contributed by atoms with Crippen LogP contribution in [0.3, 0.4) is 0 Å². The number of halogens is 2. The molecule has 0 aliphatic carbocycles. The van der Waals surface area contributed by atoms with Gasteiger partial charge in [-0.3, -0.25) is 9.69 Å². The van der Waals surface area contributed by atoms with Crippen molar-refractivity contribution in [3.8, 4) is 0 Å². The molecule has 0 spiro atoms. The van der Waals surface area contributed by atoms with Crippen LogP contribution in [0.2, 0.25) is 0 Å². The summed E-state index contributed by atoms with van der Waals surface area (Å²) < 4.78 is 1.00. The van der Waals surface area contributed by atoms with E-state index in [0.29, 0.717) is 18.8 Å². The third-order valence-corrected chi connectivity index (χ3v) is 4.63. The number of anilines is 1. The van der Waals surface area contributed by atoms with E-state index in [-0.39, 0.29) is 11.8 Å². The van der Waals surface area contributed by atoms with Crippen LogP contribution >= 0.6 is 27.5 Å². The Hall–Kier alpha value is -0.610. The van der Waals surface area contributed by atoms with E-state index in [1.54, 1.807) is 4.90 Å². The molecule has 17 heavy (non-hydrogen) atoms. The maximum Gasteiger partial charge on any atom is 0.228 e. The molecule has 0 saturated carbocycles. The molecular formula is C12H14BrClN2O. The van der Waals surface area contributed by atoms with E-state index in [4.69, 9.17) is 11.6 Å².